The molecule has 4 heteroatoms. The number of aryl methyl sites for hydroxylation is 1. The van der Waals surface area contributed by atoms with E-state index in [-0.39, 0.29) is 0 Å². The first-order chi connectivity index (χ1) is 20.2. The van der Waals surface area contributed by atoms with Gasteiger partial charge in [-0.1, -0.05) is 109 Å². The Kier molecular flexibility index (Phi) is 8.22. The normalized spacial score (nSPS) is 14.5. The van der Waals surface area contributed by atoms with Gasteiger partial charge in [0.15, 0.2) is 0 Å². The molecule has 2 nitrogen and oxygen atoms in total. The molecule has 0 radical (unpaired) electrons. The molecule has 6 rings (SSSR count). The minimum Gasteiger partial charge on any atom is -0.335 e. The van der Waals surface area contributed by atoms with Crippen LogP contribution in [-0.4, -0.2) is 6.54 Å². The molecule has 0 saturated carbocycles. The lowest BCUT2D eigenvalue weighted by Crippen LogP contribution is -2.33. The standard InChI is InChI=1S/C37H35N2S2/c1-4-27(25-37-39(6-3)33-22-20-31(26-35(33)41-37)30-15-11-8-12-16-30)24-36-38(5-2)32-21-19-29(23-34(32)40-36)18-17-28-13-9-7-10-14-28/h7-26H,4-6H2,1-3H3/q+1. The Morgan fingerprint density at radius 2 is 1.54 bits per heavy atom. The molecule has 1 aliphatic rings. The molecule has 4 aromatic carbocycles. The average molecular weight is 572 g/mol. The molecule has 0 N–H and O–H groups in total. The maximum Gasteiger partial charge on any atom is 0.263 e. The minimum absolute atomic E-state index is 0.947. The number of hydrogen-bond donors (Lipinski definition) is 0. The van der Waals surface area contributed by atoms with Gasteiger partial charge in [-0.2, -0.15) is 4.57 Å². The van der Waals surface area contributed by atoms with Crippen molar-refractivity contribution in [1.29, 1.82) is 0 Å². The average Bonchev–Trinajstić information content (AvgIpc) is 3.56. The van der Waals surface area contributed by atoms with Crippen LogP contribution >= 0.6 is 23.1 Å². The number of hydrogen-bond acceptors (Lipinski definition) is 3. The van der Waals surface area contributed by atoms with Crippen molar-refractivity contribution in [1.82, 2.24) is 0 Å². The summed E-state index contributed by atoms with van der Waals surface area (Å²) >= 11 is 3.77. The van der Waals surface area contributed by atoms with E-state index in [1.807, 2.05) is 23.1 Å². The third-order valence-corrected chi connectivity index (χ3v) is 9.71. The van der Waals surface area contributed by atoms with E-state index in [9.17, 15) is 0 Å². The highest BCUT2D eigenvalue weighted by Crippen LogP contribution is 2.47. The molecule has 0 spiro atoms. The van der Waals surface area contributed by atoms with Crippen LogP contribution < -0.4 is 9.47 Å². The van der Waals surface area contributed by atoms with Gasteiger partial charge in [0.05, 0.1) is 10.7 Å². The Hall–Kier alpha value is -3.86. The Morgan fingerprint density at radius 1 is 0.780 bits per heavy atom. The topological polar surface area (TPSA) is 7.12 Å². The van der Waals surface area contributed by atoms with Gasteiger partial charge in [0.2, 0.25) is 5.52 Å². The molecule has 0 bridgehead atoms. The molecule has 1 aliphatic heterocycles. The van der Waals surface area contributed by atoms with Crippen LogP contribution in [0.25, 0.3) is 39.6 Å². The van der Waals surface area contributed by atoms with Gasteiger partial charge in [0, 0.05) is 23.6 Å². The van der Waals surface area contributed by atoms with E-state index in [0.717, 1.165) is 19.5 Å². The fourth-order valence-corrected chi connectivity index (χ4v) is 7.82. The van der Waals surface area contributed by atoms with Crippen LogP contribution in [0, 0.1) is 0 Å². The zero-order chi connectivity index (χ0) is 28.2. The number of fused-ring (bicyclic) bond motifs is 2. The number of aromatic nitrogens is 1. The summed E-state index contributed by atoms with van der Waals surface area (Å²) in [7, 11) is 0. The van der Waals surface area contributed by atoms with Crippen molar-refractivity contribution in [2.75, 3.05) is 11.4 Å². The summed E-state index contributed by atoms with van der Waals surface area (Å²) in [5.41, 5.74) is 8.94. The second-order valence-corrected chi connectivity index (χ2v) is 12.2. The minimum atomic E-state index is 0.947. The predicted octanol–water partition coefficient (Wildman–Crippen LogP) is 10.3. The lowest BCUT2D eigenvalue weighted by molar-refractivity contribution is -0.665. The monoisotopic (exact) mass is 571 g/mol. The van der Waals surface area contributed by atoms with Crippen LogP contribution in [-0.2, 0) is 6.54 Å². The highest BCUT2D eigenvalue weighted by atomic mass is 32.2. The third kappa shape index (κ3) is 5.81. The van der Waals surface area contributed by atoms with Crippen LogP contribution in [0.2, 0.25) is 0 Å². The van der Waals surface area contributed by atoms with E-state index in [0.29, 0.717) is 0 Å². The first-order valence-corrected chi connectivity index (χ1v) is 16.1. The molecule has 0 amide bonds. The highest BCUT2D eigenvalue weighted by Gasteiger charge is 2.25. The smallest absolute Gasteiger partial charge is 0.263 e. The van der Waals surface area contributed by atoms with Crippen molar-refractivity contribution in [3.05, 3.63) is 130 Å². The molecule has 5 aromatic rings. The third-order valence-electron chi connectivity index (χ3n) is 7.52. The van der Waals surface area contributed by atoms with Crippen molar-refractivity contribution < 1.29 is 4.57 Å². The molecule has 41 heavy (non-hydrogen) atoms. The van der Waals surface area contributed by atoms with Gasteiger partial charge >= 0.3 is 0 Å². The predicted molar refractivity (Wildman–Crippen MR) is 180 cm³/mol. The van der Waals surface area contributed by atoms with Crippen molar-refractivity contribution in [2.45, 2.75) is 38.6 Å². The number of thioether (sulfide) groups is 1. The Labute approximate surface area is 252 Å². The second-order valence-electron chi connectivity index (χ2n) is 10.1. The van der Waals surface area contributed by atoms with Crippen LogP contribution in [0.4, 0.5) is 5.69 Å². The van der Waals surface area contributed by atoms with E-state index >= 15 is 0 Å². The van der Waals surface area contributed by atoms with E-state index in [2.05, 4.69) is 152 Å². The van der Waals surface area contributed by atoms with Gasteiger partial charge in [-0.05, 0) is 78.4 Å². The van der Waals surface area contributed by atoms with Gasteiger partial charge in [0.1, 0.15) is 11.2 Å². The maximum absolute atomic E-state index is 2.45. The summed E-state index contributed by atoms with van der Waals surface area (Å²) in [5.74, 6) is 0. The molecule has 0 fully saturated rings. The zero-order valence-corrected chi connectivity index (χ0v) is 25.5. The van der Waals surface area contributed by atoms with Gasteiger partial charge in [-0.25, -0.2) is 0 Å². The molecule has 0 aliphatic carbocycles. The van der Waals surface area contributed by atoms with E-state index in [1.54, 1.807) is 0 Å². The van der Waals surface area contributed by atoms with Crippen molar-refractivity contribution in [3.63, 3.8) is 0 Å². The number of allylic oxidation sites excluding steroid dienone is 2. The fraction of sp³-hybridized carbons (Fsp3) is 0.162. The van der Waals surface area contributed by atoms with E-state index in [4.69, 9.17) is 0 Å². The second kappa shape index (κ2) is 12.3. The van der Waals surface area contributed by atoms with Crippen molar-refractivity contribution in [3.8, 4) is 11.1 Å². The Morgan fingerprint density at radius 3 is 2.27 bits per heavy atom. The summed E-state index contributed by atoms with van der Waals surface area (Å²) in [4.78, 5) is 3.78. The molecular weight excluding hydrogens is 537 g/mol. The molecular formula is C37H35N2S2+. The van der Waals surface area contributed by atoms with Crippen LogP contribution in [0.3, 0.4) is 0 Å². The number of thiazole rings is 1. The first kappa shape index (κ1) is 27.3. The lowest BCUT2D eigenvalue weighted by Gasteiger charge is -2.18. The Bertz CT molecular complexity index is 1760. The number of nitrogens with zero attached hydrogens (tertiary/aromatic N) is 2. The summed E-state index contributed by atoms with van der Waals surface area (Å²) in [6.07, 6.45) is 10.2. The lowest BCUT2D eigenvalue weighted by atomic mass is 10.1. The van der Waals surface area contributed by atoms with Crippen molar-refractivity contribution >= 4 is 57.2 Å². The van der Waals surface area contributed by atoms with Gasteiger partial charge in [-0.3, -0.25) is 0 Å². The molecule has 2 heterocycles. The first-order valence-electron chi connectivity index (χ1n) is 14.4. The van der Waals surface area contributed by atoms with Crippen LogP contribution in [0.5, 0.6) is 0 Å². The van der Waals surface area contributed by atoms with Crippen LogP contribution in [0.15, 0.2) is 119 Å². The summed E-state index contributed by atoms with van der Waals surface area (Å²) in [6.45, 7) is 8.64. The molecule has 0 unspecified atom stereocenters. The fourth-order valence-electron chi connectivity index (χ4n) is 5.33. The molecule has 0 saturated heterocycles. The largest absolute Gasteiger partial charge is 0.335 e. The maximum atomic E-state index is 2.45. The zero-order valence-electron chi connectivity index (χ0n) is 23.9. The van der Waals surface area contributed by atoms with E-state index < -0.39 is 0 Å². The van der Waals surface area contributed by atoms with Gasteiger partial charge < -0.3 is 4.90 Å². The highest BCUT2D eigenvalue weighted by molar-refractivity contribution is 8.03. The van der Waals surface area contributed by atoms with Crippen molar-refractivity contribution in [2.24, 2.45) is 0 Å². The van der Waals surface area contributed by atoms with Gasteiger partial charge in [-0.15, -0.1) is 0 Å². The Balaban J connectivity index is 1.31. The quantitative estimate of drug-likeness (QED) is 0.135. The summed E-state index contributed by atoms with van der Waals surface area (Å²) in [5, 5.41) is 2.61. The number of anilines is 1. The summed E-state index contributed by atoms with van der Waals surface area (Å²) in [6, 6.07) is 34.8. The molecule has 204 valence electrons. The van der Waals surface area contributed by atoms with Gasteiger partial charge in [0.25, 0.3) is 5.01 Å². The number of rotatable bonds is 8. The summed E-state index contributed by atoms with van der Waals surface area (Å²) < 4.78 is 3.77. The SMILES string of the molecule is CCC(=Cc1sc2cc(C=Cc3ccccc3)ccc2[n+]1CC)C=C1Sc2cc(-c3ccccc3)ccc2N1CC. The molecule has 1 aromatic heterocycles. The van der Waals surface area contributed by atoms with Crippen LogP contribution in [0.1, 0.15) is 43.3 Å². The van der Waals surface area contributed by atoms with E-state index in [1.165, 1.54) is 58.7 Å². The number of benzene rings is 4. The molecule has 0 atom stereocenters.